The van der Waals surface area contributed by atoms with E-state index in [0.29, 0.717) is 43.8 Å². The second kappa shape index (κ2) is 90.2. The highest BCUT2D eigenvalue weighted by atomic mass is 16.2. The van der Waals surface area contributed by atoms with E-state index in [-0.39, 0.29) is 36.7 Å². The number of rotatable bonds is 0. The van der Waals surface area contributed by atoms with Gasteiger partial charge in [0.05, 0.1) is 26.2 Å². The Kier molecular flexibility index (Phi) is 106. The third-order valence-corrected chi connectivity index (χ3v) is 10.5. The van der Waals surface area contributed by atoms with Crippen LogP contribution in [0.25, 0.3) is 0 Å². The number of hydrogen-bond donors (Lipinski definition) is 13. The molecule has 11 rings (SSSR count). The molecule has 0 saturated carbocycles. The Labute approximate surface area is 694 Å². The van der Waals surface area contributed by atoms with Crippen molar-refractivity contribution in [2.75, 3.05) is 91.6 Å². The molecule has 4 bridgehead atoms. The lowest BCUT2D eigenvalue weighted by Gasteiger charge is -2.45. The van der Waals surface area contributed by atoms with E-state index in [4.69, 9.17) is 0 Å². The number of carbonyl (C=O) groups is 6. The van der Waals surface area contributed by atoms with Crippen LogP contribution in [0.15, 0.2) is 12.4 Å². The SMILES string of the molecule is C1CC2CNC1CN2.CC(C)(C)N1CC2CCCC1CN2.CC(C)C.CC(C)C.CC(C)C.CC(C)C.CC(C)C.CC(C)C.CC(C)C.CC(C)C.CC(C)C.CC(C)C.CC(C)C.CC(C)C.CC(C)C.C[C@@H]1CN[C@@H](C)CN1.O=C1CNC=CN1.O=C1CNCC(=O)N1.O=C1CNCCN1.O=C1NCCNC1=O. The van der Waals surface area contributed by atoms with E-state index in [2.05, 4.69) is 379 Å². The summed E-state index contributed by atoms with van der Waals surface area (Å²) in [5.41, 5.74) is 0.357. The van der Waals surface area contributed by atoms with E-state index in [9.17, 15) is 28.8 Å². The quantitative estimate of drug-likeness (QED) is 0.0795. The summed E-state index contributed by atoms with van der Waals surface area (Å²) >= 11 is 0. The molecule has 0 aromatic rings. The number of nitrogens with one attached hydrogen (secondary N) is 13. The first kappa shape index (κ1) is 131. The maximum absolute atomic E-state index is 10.3. The van der Waals surface area contributed by atoms with Crippen molar-refractivity contribution in [3.63, 3.8) is 0 Å². The predicted octanol–water partition coefficient (Wildman–Crippen LogP) is 17.2. The molecule has 0 aliphatic carbocycles. The van der Waals surface area contributed by atoms with Crippen LogP contribution in [0.2, 0.25) is 0 Å². The predicted molar refractivity (Wildman–Crippen MR) is 493 cm³/mol. The molecule has 0 aromatic carbocycles. The van der Waals surface area contributed by atoms with Crippen LogP contribution in [0.5, 0.6) is 0 Å². The molecular formula is C91H204N14O6. The summed E-state index contributed by atoms with van der Waals surface area (Å²) in [5.74, 6) is 9.39. The minimum absolute atomic E-state index is 0.0162. The van der Waals surface area contributed by atoms with E-state index in [0.717, 1.165) is 127 Å². The fourth-order valence-electron chi connectivity index (χ4n) is 7.21. The number of amides is 6. The van der Waals surface area contributed by atoms with Gasteiger partial charge in [0, 0.05) is 120 Å². The second-order valence-corrected chi connectivity index (χ2v) is 39.3. The highest BCUT2D eigenvalue weighted by Gasteiger charge is 2.36. The van der Waals surface area contributed by atoms with Gasteiger partial charge in [-0.2, -0.15) is 0 Å². The molecule has 0 aromatic heterocycles. The van der Waals surface area contributed by atoms with Gasteiger partial charge in [-0.05, 0) is 137 Å². The van der Waals surface area contributed by atoms with Gasteiger partial charge in [0.1, 0.15) is 0 Å². The van der Waals surface area contributed by atoms with Gasteiger partial charge in [-0.25, -0.2) is 0 Å². The minimum Gasteiger partial charge on any atom is -0.381 e. The zero-order valence-electron chi connectivity index (χ0n) is 82.5. The van der Waals surface area contributed by atoms with Gasteiger partial charge in [0.25, 0.3) is 0 Å². The molecule has 4 unspecified atom stereocenters. The van der Waals surface area contributed by atoms with Gasteiger partial charge in [-0.1, -0.05) is 276 Å². The number of piperidine rings is 2. The van der Waals surface area contributed by atoms with Gasteiger partial charge in [-0.3, -0.25) is 44.3 Å². The highest BCUT2D eigenvalue weighted by molar-refractivity contribution is 6.35. The summed E-state index contributed by atoms with van der Waals surface area (Å²) in [6, 6.07) is 4.45. The Morgan fingerprint density at radius 3 is 0.793 bits per heavy atom. The maximum atomic E-state index is 10.3. The summed E-state index contributed by atoms with van der Waals surface area (Å²) < 4.78 is 0. The third-order valence-electron chi connectivity index (χ3n) is 10.5. The van der Waals surface area contributed by atoms with E-state index in [1.807, 2.05) is 0 Å². The van der Waals surface area contributed by atoms with Gasteiger partial charge in [0.2, 0.25) is 23.6 Å². The van der Waals surface area contributed by atoms with Gasteiger partial charge in [0.15, 0.2) is 0 Å². The highest BCUT2D eigenvalue weighted by Crippen LogP contribution is 2.28. The molecule has 20 heteroatoms. The number of fused-ring (bicyclic) bond motifs is 7. The Bertz CT molecular complexity index is 1740. The first-order valence-electron chi connectivity index (χ1n) is 43.9. The zero-order valence-corrected chi connectivity index (χ0v) is 82.5. The van der Waals surface area contributed by atoms with Gasteiger partial charge >= 0.3 is 11.8 Å². The summed E-state index contributed by atoms with van der Waals surface area (Å²) in [6.07, 6.45) is 10.2. The van der Waals surface area contributed by atoms with Crippen molar-refractivity contribution in [1.82, 2.24) is 74.0 Å². The number of nitrogens with zero attached hydrogens (tertiary/aromatic N) is 1. The lowest BCUT2D eigenvalue weighted by molar-refractivity contribution is -0.140. The Balaban J connectivity index is -0.000000107. The number of imide groups is 1. The fraction of sp³-hybridized carbons (Fsp3) is 0.912. The van der Waals surface area contributed by atoms with Crippen molar-refractivity contribution >= 4 is 35.4 Å². The average molecular weight is 1590 g/mol. The lowest BCUT2D eigenvalue weighted by Crippen LogP contribution is -2.60. The van der Waals surface area contributed by atoms with Crippen LogP contribution in [0, 0.1) is 76.9 Å². The average Bonchev–Trinajstić information content (AvgIpc) is 1.66. The Morgan fingerprint density at radius 2 is 0.613 bits per heavy atom. The number of piperazine rings is 6. The van der Waals surface area contributed by atoms with Gasteiger partial charge in [-0.15, -0.1) is 0 Å². The first-order valence-corrected chi connectivity index (χ1v) is 43.9. The molecule has 0 radical (unpaired) electrons. The van der Waals surface area contributed by atoms with Crippen molar-refractivity contribution < 1.29 is 28.8 Å². The van der Waals surface area contributed by atoms with E-state index < -0.39 is 11.8 Å². The Morgan fingerprint density at radius 1 is 0.315 bits per heavy atom. The third kappa shape index (κ3) is 167. The number of carbonyl (C=O) groups excluding carboxylic acids is 6. The minimum atomic E-state index is -0.531. The van der Waals surface area contributed by atoms with E-state index >= 15 is 0 Å². The zero-order chi connectivity index (χ0) is 89.6. The van der Waals surface area contributed by atoms with Crippen LogP contribution in [-0.2, 0) is 28.8 Å². The summed E-state index contributed by atoms with van der Waals surface area (Å²) in [5, 5.41) is 37.7. The topological polar surface area (TPSA) is 262 Å². The van der Waals surface area contributed by atoms with Crippen molar-refractivity contribution in [2.45, 2.75) is 379 Å². The largest absolute Gasteiger partial charge is 0.381 e. The lowest BCUT2D eigenvalue weighted by atomic mass is 9.96. The van der Waals surface area contributed by atoms with Gasteiger partial charge < -0.3 is 58.5 Å². The van der Waals surface area contributed by atoms with Crippen LogP contribution in [0.4, 0.5) is 0 Å². The summed E-state index contributed by atoms with van der Waals surface area (Å²) in [6.45, 7) is 107. The molecule has 20 nitrogen and oxygen atoms in total. The maximum Gasteiger partial charge on any atom is 0.309 e. The fourth-order valence-corrected chi connectivity index (χ4v) is 7.21. The normalized spacial score (nSPS) is 19.9. The standard InChI is InChI=1S/C11H22N2.C6H12N2.C6H14N2.2C4H6N2O2.C4H8N2O.C4H6N2O.13C4H10/c1-11(2,3)13-8-9-5-4-6-10(13)7-12-9;1-2-6-4-7-5(1)3-8-6;1-5-3-8-6(2)4-7-5;7-3-1-5-2-4(8)6-3;7-3-4(8)6-2-1-5-3;2*7-4-3-5-1-2-6-4;13*1-4(2)3/h9-10,12H,4-8H2,1-3H3;5-8H,1-4H2;5-8H,3-4H2,1-2H3;5H,1-2H2,(H,6,7,8);1-2H2,(H,5,7)(H,6,8);5H,1-3H2,(H,6,7);1-2,5H,3H2,(H,6,7);13*4H,1-3H3/t;;5-,6+;;;;;;;;;;;;;;;;;. The molecular weight excluding hydrogens is 1390 g/mol. The van der Waals surface area contributed by atoms with Crippen LogP contribution >= 0.6 is 0 Å². The van der Waals surface area contributed by atoms with Crippen molar-refractivity contribution in [2.24, 2.45) is 76.9 Å². The second-order valence-electron chi connectivity index (χ2n) is 39.3. The van der Waals surface area contributed by atoms with Crippen LogP contribution in [0.3, 0.4) is 0 Å². The van der Waals surface area contributed by atoms with E-state index in [1.165, 1.54) is 58.3 Å². The monoisotopic (exact) mass is 1590 g/mol. The van der Waals surface area contributed by atoms with Crippen molar-refractivity contribution in [1.29, 1.82) is 0 Å². The van der Waals surface area contributed by atoms with E-state index in [1.54, 1.807) is 12.4 Å². The smallest absolute Gasteiger partial charge is 0.309 e. The molecule has 10 saturated heterocycles. The van der Waals surface area contributed by atoms with Crippen molar-refractivity contribution in [3.05, 3.63) is 12.4 Å². The van der Waals surface area contributed by atoms with Crippen LogP contribution in [0.1, 0.15) is 337 Å². The summed E-state index contributed by atoms with van der Waals surface area (Å²) in [7, 11) is 0. The molecule has 6 amide bonds. The molecule has 13 N–H and O–H groups in total. The summed E-state index contributed by atoms with van der Waals surface area (Å²) in [4.78, 5) is 64.3. The molecule has 0 spiro atoms. The first-order chi connectivity index (χ1) is 50.7. The Hall–Kier alpha value is -3.76. The van der Waals surface area contributed by atoms with Crippen LogP contribution in [-0.4, -0.2) is 174 Å². The molecule has 111 heavy (non-hydrogen) atoms. The van der Waals surface area contributed by atoms with Crippen LogP contribution < -0.4 is 69.1 Å². The molecule has 10 fully saturated rings. The molecule has 11 aliphatic rings. The molecule has 6 atom stereocenters. The van der Waals surface area contributed by atoms with Crippen molar-refractivity contribution in [3.8, 4) is 0 Å². The molecule has 11 aliphatic heterocycles. The number of hydrogen-bond acceptors (Lipinski definition) is 15. The molecule has 11 heterocycles. The molecule has 674 valence electrons.